The van der Waals surface area contributed by atoms with Crippen molar-refractivity contribution in [3.8, 4) is 5.75 Å². The number of benzene rings is 1. The SMILES string of the molecule is Cc1cc(NC(=O)C2(N)CC2)ccc1OCCN1CCCC1.Cl.Cl. The quantitative estimate of drug-likeness (QED) is 0.801. The van der Waals surface area contributed by atoms with Crippen molar-refractivity contribution in [2.24, 2.45) is 5.73 Å². The fourth-order valence-corrected chi connectivity index (χ4v) is 2.80. The number of carbonyl (C=O) groups is 1. The molecule has 1 amide bonds. The Hall–Kier alpha value is -1.01. The van der Waals surface area contributed by atoms with E-state index in [9.17, 15) is 4.79 Å². The largest absolute Gasteiger partial charge is 0.492 e. The number of ether oxygens (including phenoxy) is 1. The average molecular weight is 376 g/mol. The van der Waals surface area contributed by atoms with Crippen LogP contribution in [0.3, 0.4) is 0 Å². The van der Waals surface area contributed by atoms with Crippen LogP contribution in [0.5, 0.6) is 5.75 Å². The van der Waals surface area contributed by atoms with Crippen LogP contribution in [-0.4, -0.2) is 42.6 Å². The Bertz CT molecular complexity index is 559. The van der Waals surface area contributed by atoms with Crippen molar-refractivity contribution < 1.29 is 9.53 Å². The van der Waals surface area contributed by atoms with Crippen LogP contribution in [0.1, 0.15) is 31.2 Å². The molecule has 2 fully saturated rings. The van der Waals surface area contributed by atoms with Crippen LogP contribution in [0.15, 0.2) is 18.2 Å². The molecule has 0 unspecified atom stereocenters. The van der Waals surface area contributed by atoms with E-state index >= 15 is 0 Å². The molecular formula is C17H27Cl2N3O2. The Labute approximate surface area is 156 Å². The number of carbonyl (C=O) groups excluding carboxylic acids is 1. The van der Waals surface area contributed by atoms with Gasteiger partial charge in [-0.3, -0.25) is 9.69 Å². The van der Waals surface area contributed by atoms with Crippen molar-refractivity contribution >= 4 is 36.4 Å². The van der Waals surface area contributed by atoms with E-state index in [1.807, 2.05) is 25.1 Å². The van der Waals surface area contributed by atoms with Gasteiger partial charge in [0.2, 0.25) is 5.91 Å². The molecule has 1 saturated heterocycles. The zero-order valence-electron chi connectivity index (χ0n) is 14.0. The predicted molar refractivity (Wildman–Crippen MR) is 102 cm³/mol. The van der Waals surface area contributed by atoms with Crippen molar-refractivity contribution in [1.82, 2.24) is 4.90 Å². The van der Waals surface area contributed by atoms with E-state index in [-0.39, 0.29) is 30.7 Å². The molecule has 136 valence electrons. The first-order valence-electron chi connectivity index (χ1n) is 8.13. The van der Waals surface area contributed by atoms with Crippen LogP contribution >= 0.6 is 24.8 Å². The van der Waals surface area contributed by atoms with Gasteiger partial charge in [0.1, 0.15) is 12.4 Å². The molecule has 0 atom stereocenters. The van der Waals surface area contributed by atoms with E-state index in [0.717, 1.165) is 36.4 Å². The fourth-order valence-electron chi connectivity index (χ4n) is 2.80. The Kier molecular flexibility index (Phi) is 7.80. The first kappa shape index (κ1) is 21.0. The molecule has 1 aromatic rings. The van der Waals surface area contributed by atoms with Crippen molar-refractivity contribution in [2.75, 3.05) is 31.6 Å². The second-order valence-corrected chi connectivity index (χ2v) is 6.49. The highest BCUT2D eigenvalue weighted by Crippen LogP contribution is 2.33. The van der Waals surface area contributed by atoms with Crippen molar-refractivity contribution in [3.63, 3.8) is 0 Å². The number of nitrogens with two attached hydrogens (primary N) is 1. The zero-order chi connectivity index (χ0) is 15.6. The van der Waals surface area contributed by atoms with Gasteiger partial charge < -0.3 is 15.8 Å². The minimum Gasteiger partial charge on any atom is -0.492 e. The van der Waals surface area contributed by atoms with Crippen LogP contribution < -0.4 is 15.8 Å². The van der Waals surface area contributed by atoms with Gasteiger partial charge in [-0.1, -0.05) is 0 Å². The lowest BCUT2D eigenvalue weighted by Crippen LogP contribution is -2.37. The van der Waals surface area contributed by atoms with Gasteiger partial charge in [-0.2, -0.15) is 0 Å². The lowest BCUT2D eigenvalue weighted by Gasteiger charge is -2.16. The maximum Gasteiger partial charge on any atom is 0.244 e. The first-order valence-corrected chi connectivity index (χ1v) is 8.13. The molecule has 1 heterocycles. The molecule has 24 heavy (non-hydrogen) atoms. The molecule has 7 heteroatoms. The number of halogens is 2. The third kappa shape index (κ3) is 5.24. The van der Waals surface area contributed by atoms with Gasteiger partial charge >= 0.3 is 0 Å². The number of likely N-dealkylation sites (tertiary alicyclic amines) is 1. The second-order valence-electron chi connectivity index (χ2n) is 6.49. The third-order valence-electron chi connectivity index (χ3n) is 4.54. The maximum absolute atomic E-state index is 11.9. The smallest absolute Gasteiger partial charge is 0.244 e. The lowest BCUT2D eigenvalue weighted by molar-refractivity contribution is -0.118. The summed E-state index contributed by atoms with van der Waals surface area (Å²) in [6.45, 7) is 6.06. The average Bonchev–Trinajstić information content (AvgIpc) is 3.04. The van der Waals surface area contributed by atoms with Crippen LogP contribution in [0.4, 0.5) is 5.69 Å². The highest BCUT2D eigenvalue weighted by Gasteiger charge is 2.45. The summed E-state index contributed by atoms with van der Waals surface area (Å²) in [7, 11) is 0. The number of rotatable bonds is 6. The molecule has 3 N–H and O–H groups in total. The summed E-state index contributed by atoms with van der Waals surface area (Å²) in [6, 6.07) is 5.74. The standard InChI is InChI=1S/C17H25N3O2.2ClH/c1-13-12-14(19-16(21)17(18)6-7-17)4-5-15(13)22-11-10-20-8-2-3-9-20;;/h4-5,12H,2-3,6-11,18H2,1H3,(H,19,21);2*1H. The Morgan fingerprint density at radius 2 is 1.96 bits per heavy atom. The normalized spacial score (nSPS) is 18.2. The van der Waals surface area contributed by atoms with Gasteiger partial charge in [0.25, 0.3) is 0 Å². The van der Waals surface area contributed by atoms with Gasteiger partial charge in [0, 0.05) is 12.2 Å². The Morgan fingerprint density at radius 1 is 1.29 bits per heavy atom. The Morgan fingerprint density at radius 3 is 2.54 bits per heavy atom. The van der Waals surface area contributed by atoms with E-state index in [4.69, 9.17) is 10.5 Å². The monoisotopic (exact) mass is 375 g/mol. The predicted octanol–water partition coefficient (Wildman–Crippen LogP) is 2.74. The fraction of sp³-hybridized carbons (Fsp3) is 0.588. The van der Waals surface area contributed by atoms with Crippen molar-refractivity contribution in [2.45, 2.75) is 38.1 Å². The molecule has 0 bridgehead atoms. The summed E-state index contributed by atoms with van der Waals surface area (Å²) in [5.74, 6) is 0.792. The number of aryl methyl sites for hydroxylation is 1. The van der Waals surface area contributed by atoms with E-state index in [1.165, 1.54) is 25.9 Å². The lowest BCUT2D eigenvalue weighted by atomic mass is 10.2. The maximum atomic E-state index is 11.9. The minimum absolute atomic E-state index is 0. The summed E-state index contributed by atoms with van der Waals surface area (Å²) in [6.07, 6.45) is 4.15. The summed E-state index contributed by atoms with van der Waals surface area (Å²) < 4.78 is 5.86. The van der Waals surface area contributed by atoms with E-state index in [2.05, 4.69) is 10.2 Å². The number of anilines is 1. The van der Waals surface area contributed by atoms with Gasteiger partial charge in [-0.05, 0) is 69.5 Å². The molecule has 2 aliphatic rings. The van der Waals surface area contributed by atoms with Crippen molar-refractivity contribution in [3.05, 3.63) is 23.8 Å². The number of nitrogens with one attached hydrogen (secondary N) is 1. The minimum atomic E-state index is -0.640. The van der Waals surface area contributed by atoms with E-state index in [0.29, 0.717) is 6.61 Å². The molecule has 0 aromatic heterocycles. The highest BCUT2D eigenvalue weighted by molar-refractivity contribution is 6.00. The second kappa shape index (κ2) is 8.90. The third-order valence-corrected chi connectivity index (χ3v) is 4.54. The van der Waals surface area contributed by atoms with Gasteiger partial charge in [0.15, 0.2) is 0 Å². The zero-order valence-corrected chi connectivity index (χ0v) is 15.7. The summed E-state index contributed by atoms with van der Waals surface area (Å²) in [5.41, 5.74) is 7.06. The molecule has 1 aromatic carbocycles. The molecule has 3 rings (SSSR count). The van der Waals surface area contributed by atoms with E-state index in [1.54, 1.807) is 0 Å². The number of hydrogen-bond acceptors (Lipinski definition) is 4. The summed E-state index contributed by atoms with van der Waals surface area (Å²) in [5, 5.41) is 2.89. The van der Waals surface area contributed by atoms with Gasteiger partial charge in [-0.15, -0.1) is 24.8 Å². The Balaban J connectivity index is 0.00000144. The number of nitrogens with zero attached hydrogens (tertiary/aromatic N) is 1. The molecule has 1 aliphatic heterocycles. The molecule has 1 saturated carbocycles. The molecule has 0 radical (unpaired) electrons. The van der Waals surface area contributed by atoms with Gasteiger partial charge in [0.05, 0.1) is 5.54 Å². The van der Waals surface area contributed by atoms with Gasteiger partial charge in [-0.25, -0.2) is 0 Å². The molecule has 1 aliphatic carbocycles. The van der Waals surface area contributed by atoms with Crippen LogP contribution in [0.25, 0.3) is 0 Å². The topological polar surface area (TPSA) is 67.6 Å². The first-order chi connectivity index (χ1) is 10.6. The number of amides is 1. The molecule has 0 spiro atoms. The molecule has 5 nitrogen and oxygen atoms in total. The molecular weight excluding hydrogens is 349 g/mol. The van der Waals surface area contributed by atoms with Crippen LogP contribution in [-0.2, 0) is 4.79 Å². The number of hydrogen-bond donors (Lipinski definition) is 2. The highest BCUT2D eigenvalue weighted by atomic mass is 35.5. The summed E-state index contributed by atoms with van der Waals surface area (Å²) >= 11 is 0. The summed E-state index contributed by atoms with van der Waals surface area (Å²) in [4.78, 5) is 14.4. The van der Waals surface area contributed by atoms with Crippen molar-refractivity contribution in [1.29, 1.82) is 0 Å². The van der Waals surface area contributed by atoms with Crippen LogP contribution in [0, 0.1) is 6.92 Å². The van der Waals surface area contributed by atoms with Crippen LogP contribution in [0.2, 0.25) is 0 Å². The van der Waals surface area contributed by atoms with E-state index < -0.39 is 5.54 Å².